The van der Waals surface area contributed by atoms with E-state index in [4.69, 9.17) is 14.6 Å². The number of nitrogens with zero attached hydrogens (tertiary/aromatic N) is 4. The molecule has 1 aliphatic carbocycles. The topological polar surface area (TPSA) is 221 Å². The Morgan fingerprint density at radius 3 is 2.08 bits per heavy atom. The van der Waals surface area contributed by atoms with Crippen molar-refractivity contribution in [2.45, 2.75) is 91.5 Å². The van der Waals surface area contributed by atoms with Gasteiger partial charge < -0.3 is 36.0 Å². The van der Waals surface area contributed by atoms with Gasteiger partial charge in [-0.1, -0.05) is 44.2 Å². The molecule has 1 heterocycles. The van der Waals surface area contributed by atoms with E-state index in [2.05, 4.69) is 60.6 Å². The van der Waals surface area contributed by atoms with Gasteiger partial charge in [-0.3, -0.25) is 14.4 Å². The molecule has 5 rings (SSSR count). The fourth-order valence-corrected chi connectivity index (χ4v) is 6.99. The summed E-state index contributed by atoms with van der Waals surface area (Å²) in [6.45, 7) is 15.4. The molecule has 1 aromatic heterocycles. The largest absolute Gasteiger partial charge is 0.490 e. The lowest BCUT2D eigenvalue weighted by Crippen LogP contribution is -2.48. The molecule has 4 aromatic rings. The highest BCUT2D eigenvalue weighted by molar-refractivity contribution is 5.98. The summed E-state index contributed by atoms with van der Waals surface area (Å²) in [5.74, 6) is -2.95. The fraction of sp³-hybridized carbons (Fsp3) is 0.467. The van der Waals surface area contributed by atoms with Crippen LogP contribution in [0.1, 0.15) is 81.8 Å². The average Bonchev–Trinajstić information content (AvgIpc) is 3.80. The number of carboxylic acids is 1. The second-order valence-corrected chi connectivity index (χ2v) is 16.5. The van der Waals surface area contributed by atoms with Crippen molar-refractivity contribution in [1.82, 2.24) is 41.5 Å². The molecule has 0 saturated heterocycles. The number of carbonyl (C=O) groups excluding carboxylic acids is 4. The SMILES string of the molecule is CCN(CC)CCNC(=O)c1ccc(C)c(-c2ccc(C[C@H](NC(=O)C3CCC(CNC(=O)OC(C)(C)C)CC3)C(=O)Nc3ccc(-c4nn[nH]n4)cc3)cc2)c1.O=C(O)C(F)(F)F. The minimum Gasteiger partial charge on any atom is -0.475 e. The highest BCUT2D eigenvalue weighted by Gasteiger charge is 2.38. The van der Waals surface area contributed by atoms with E-state index in [0.717, 1.165) is 60.3 Å². The standard InChI is InChI=1S/C43H57N9O5.C2HF3O2/c1-7-52(8-2)24-23-44-39(53)34-14-9-28(3)36(26-34)31-15-10-29(11-16-31)25-37(41(55)46-35-21-19-32(20-22-35)38-48-50-51-49-38)47-40(54)33-17-12-30(13-18-33)27-45-42(56)57-43(4,5)6;3-2(4,5)1(6)7/h9-11,14-16,19-22,26,30,33,37H,7-8,12-13,17-18,23-25,27H2,1-6H3,(H,44,53)(H,45,56)(H,46,55)(H,47,54)(H,48,49,50,51);(H,6,7)/t30?,33?,37-;/m0./s1. The molecule has 0 aliphatic heterocycles. The van der Waals surface area contributed by atoms with E-state index in [0.29, 0.717) is 43.0 Å². The Hall–Kier alpha value is -6.37. The Morgan fingerprint density at radius 1 is 0.891 bits per heavy atom. The van der Waals surface area contributed by atoms with Crippen molar-refractivity contribution in [2.75, 3.05) is 38.0 Å². The van der Waals surface area contributed by atoms with Gasteiger partial charge in [-0.25, -0.2) is 9.59 Å². The minimum atomic E-state index is -5.08. The molecule has 0 spiro atoms. The van der Waals surface area contributed by atoms with Crippen molar-refractivity contribution < 1.29 is 47.0 Å². The zero-order valence-electron chi connectivity index (χ0n) is 37.0. The number of amides is 4. The average molecular weight is 894 g/mol. The van der Waals surface area contributed by atoms with E-state index in [1.54, 1.807) is 24.3 Å². The van der Waals surface area contributed by atoms with E-state index in [-0.39, 0.29) is 36.0 Å². The molecular weight excluding hydrogens is 836 g/mol. The molecule has 3 aromatic carbocycles. The maximum atomic E-state index is 13.9. The molecule has 0 unspecified atom stereocenters. The third kappa shape index (κ3) is 16.1. The van der Waals surface area contributed by atoms with Gasteiger partial charge in [0, 0.05) is 48.8 Å². The first-order chi connectivity index (χ1) is 30.3. The number of aromatic nitrogens is 4. The zero-order chi connectivity index (χ0) is 47.0. The number of tetrazole rings is 1. The van der Waals surface area contributed by atoms with Crippen LogP contribution in [0.15, 0.2) is 66.7 Å². The first-order valence-electron chi connectivity index (χ1n) is 21.2. The number of ether oxygens (including phenoxy) is 1. The zero-order valence-corrected chi connectivity index (χ0v) is 37.0. The molecular formula is C45H58F3N9O7. The predicted octanol–water partition coefficient (Wildman–Crippen LogP) is 6.54. The van der Waals surface area contributed by atoms with Crippen LogP contribution in [0.5, 0.6) is 0 Å². The summed E-state index contributed by atoms with van der Waals surface area (Å²) in [4.78, 5) is 63.9. The van der Waals surface area contributed by atoms with E-state index >= 15 is 0 Å². The van der Waals surface area contributed by atoms with Gasteiger partial charge in [0.1, 0.15) is 11.6 Å². The van der Waals surface area contributed by atoms with Crippen LogP contribution in [-0.4, -0.2) is 111 Å². The number of hydrogen-bond donors (Lipinski definition) is 6. The molecule has 19 heteroatoms. The number of aromatic amines is 1. The number of benzene rings is 3. The smallest absolute Gasteiger partial charge is 0.475 e. The second-order valence-electron chi connectivity index (χ2n) is 16.5. The van der Waals surface area contributed by atoms with Gasteiger partial charge in [0.05, 0.1) is 0 Å². The number of anilines is 1. The van der Waals surface area contributed by atoms with Crippen LogP contribution in [0.2, 0.25) is 0 Å². The molecule has 346 valence electrons. The summed E-state index contributed by atoms with van der Waals surface area (Å²) in [6.07, 6.45) is -2.41. The van der Waals surface area contributed by atoms with Gasteiger partial charge in [0.25, 0.3) is 5.91 Å². The van der Waals surface area contributed by atoms with Gasteiger partial charge in [-0.05, 0) is 136 Å². The van der Waals surface area contributed by atoms with Crippen molar-refractivity contribution in [3.05, 3.63) is 83.4 Å². The molecule has 1 fully saturated rings. The minimum absolute atomic E-state index is 0.111. The number of H-pyrrole nitrogens is 1. The number of carbonyl (C=O) groups is 5. The summed E-state index contributed by atoms with van der Waals surface area (Å²) < 4.78 is 37.1. The number of halogens is 3. The Bertz CT molecular complexity index is 2150. The van der Waals surface area contributed by atoms with Crippen molar-refractivity contribution in [3.63, 3.8) is 0 Å². The number of alkyl halides is 3. The summed E-state index contributed by atoms with van der Waals surface area (Å²) in [7, 11) is 0. The second kappa shape index (κ2) is 23.4. The van der Waals surface area contributed by atoms with Gasteiger partial charge in [-0.2, -0.15) is 18.4 Å². The van der Waals surface area contributed by atoms with E-state index < -0.39 is 29.9 Å². The molecule has 4 amide bonds. The van der Waals surface area contributed by atoms with E-state index in [1.165, 1.54) is 0 Å². The van der Waals surface area contributed by atoms with Crippen LogP contribution in [0.4, 0.5) is 23.7 Å². The first-order valence-corrected chi connectivity index (χ1v) is 21.2. The number of nitrogens with one attached hydrogen (secondary N) is 5. The molecule has 16 nitrogen and oxygen atoms in total. The Labute approximate surface area is 370 Å². The summed E-state index contributed by atoms with van der Waals surface area (Å²) in [5, 5.41) is 33.1. The van der Waals surface area contributed by atoms with Crippen LogP contribution in [-0.2, 0) is 25.5 Å². The highest BCUT2D eigenvalue weighted by Crippen LogP contribution is 2.30. The lowest BCUT2D eigenvalue weighted by Gasteiger charge is -2.29. The Balaban J connectivity index is 0.00000118. The maximum absolute atomic E-state index is 13.9. The number of rotatable bonds is 16. The van der Waals surface area contributed by atoms with Crippen molar-refractivity contribution in [1.29, 1.82) is 0 Å². The van der Waals surface area contributed by atoms with Crippen LogP contribution >= 0.6 is 0 Å². The number of hydrogen-bond acceptors (Lipinski definition) is 10. The lowest BCUT2D eigenvalue weighted by atomic mass is 9.81. The van der Waals surface area contributed by atoms with E-state index in [9.17, 15) is 32.3 Å². The molecule has 1 aliphatic rings. The normalized spacial score (nSPS) is 15.5. The number of carboxylic acid groups (broad SMARTS) is 1. The highest BCUT2D eigenvalue weighted by atomic mass is 19.4. The number of aliphatic carboxylic acids is 1. The van der Waals surface area contributed by atoms with Crippen molar-refractivity contribution in [2.24, 2.45) is 11.8 Å². The molecule has 6 N–H and O–H groups in total. The van der Waals surface area contributed by atoms with Crippen LogP contribution in [0.25, 0.3) is 22.5 Å². The lowest BCUT2D eigenvalue weighted by molar-refractivity contribution is -0.192. The van der Waals surface area contributed by atoms with E-state index in [1.807, 2.05) is 70.2 Å². The third-order valence-corrected chi connectivity index (χ3v) is 10.6. The van der Waals surface area contributed by atoms with Crippen molar-refractivity contribution >= 4 is 35.5 Å². The van der Waals surface area contributed by atoms with Crippen LogP contribution in [0.3, 0.4) is 0 Å². The monoisotopic (exact) mass is 893 g/mol. The predicted molar refractivity (Wildman–Crippen MR) is 234 cm³/mol. The molecule has 0 bridgehead atoms. The van der Waals surface area contributed by atoms with Gasteiger partial charge >= 0.3 is 18.2 Å². The van der Waals surface area contributed by atoms with Gasteiger partial charge in [-0.15, -0.1) is 10.2 Å². The van der Waals surface area contributed by atoms with Gasteiger partial charge in [0.2, 0.25) is 17.6 Å². The molecule has 0 radical (unpaired) electrons. The molecule has 1 saturated carbocycles. The van der Waals surface area contributed by atoms with Crippen LogP contribution in [0, 0.1) is 18.8 Å². The summed E-state index contributed by atoms with van der Waals surface area (Å²) >= 11 is 0. The first kappa shape index (κ1) is 50.3. The van der Waals surface area contributed by atoms with Crippen molar-refractivity contribution in [3.8, 4) is 22.5 Å². The van der Waals surface area contributed by atoms with Crippen LogP contribution < -0.4 is 21.3 Å². The maximum Gasteiger partial charge on any atom is 0.490 e. The number of aryl methyl sites for hydroxylation is 1. The quantitative estimate of drug-likeness (QED) is 0.0709. The Kier molecular flexibility index (Phi) is 18.3. The number of likely N-dealkylation sites (N-methyl/N-ethyl adjacent to an activating group) is 1. The Morgan fingerprint density at radius 2 is 1.52 bits per heavy atom. The third-order valence-electron chi connectivity index (χ3n) is 10.6. The van der Waals surface area contributed by atoms with Gasteiger partial charge in [0.15, 0.2) is 0 Å². The summed E-state index contributed by atoms with van der Waals surface area (Å²) in [6, 6.07) is 19.8. The number of alkyl carbamates (subject to hydrolysis) is 1. The fourth-order valence-electron chi connectivity index (χ4n) is 6.99. The molecule has 64 heavy (non-hydrogen) atoms. The summed E-state index contributed by atoms with van der Waals surface area (Å²) in [5.41, 5.74) is 5.11. The molecule has 1 atom stereocenters.